The summed E-state index contributed by atoms with van der Waals surface area (Å²) >= 11 is 0. The van der Waals surface area contributed by atoms with Crippen LogP contribution < -0.4 is 0 Å². The van der Waals surface area contributed by atoms with Crippen LogP contribution in [0.25, 0.3) is 0 Å². The van der Waals surface area contributed by atoms with Crippen molar-refractivity contribution in [3.63, 3.8) is 0 Å². The van der Waals surface area contributed by atoms with Crippen molar-refractivity contribution in [1.82, 2.24) is 0 Å². The van der Waals surface area contributed by atoms with Gasteiger partial charge in [0.1, 0.15) is 0 Å². The molecule has 0 aliphatic rings. The maximum absolute atomic E-state index is 8.88. The van der Waals surface area contributed by atoms with Crippen LogP contribution in [0.15, 0.2) is 18.2 Å². The van der Waals surface area contributed by atoms with Gasteiger partial charge in [0.2, 0.25) is 0 Å². The van der Waals surface area contributed by atoms with Crippen LogP contribution in [-0.4, -0.2) is 14.7 Å². The molecule has 3 N–H and O–H groups in total. The van der Waals surface area contributed by atoms with Gasteiger partial charge in [0, 0.05) is 0 Å². The van der Waals surface area contributed by atoms with E-state index in [1.165, 1.54) is 16.7 Å². The maximum Gasteiger partial charge on any atom is 0.466 e. The Morgan fingerprint density at radius 1 is 0.857 bits per heavy atom. The van der Waals surface area contributed by atoms with Crippen molar-refractivity contribution in [2.24, 2.45) is 0 Å². The average molecular weight is 218 g/mol. The van der Waals surface area contributed by atoms with E-state index in [2.05, 4.69) is 39.0 Å². The summed E-state index contributed by atoms with van der Waals surface area (Å²) in [6.07, 6.45) is 0. The molecular formula is C9H15O4P. The van der Waals surface area contributed by atoms with Crippen LogP contribution in [0.4, 0.5) is 0 Å². The number of phosphoric acid groups is 1. The molecule has 14 heavy (non-hydrogen) atoms. The third-order valence-corrected chi connectivity index (χ3v) is 1.37. The molecule has 0 amide bonds. The van der Waals surface area contributed by atoms with Crippen molar-refractivity contribution in [2.75, 3.05) is 0 Å². The fourth-order valence-corrected chi connectivity index (χ4v) is 1.20. The van der Waals surface area contributed by atoms with Crippen molar-refractivity contribution in [3.05, 3.63) is 34.9 Å². The topological polar surface area (TPSA) is 77.8 Å². The lowest BCUT2D eigenvalue weighted by atomic mass is 10.1. The van der Waals surface area contributed by atoms with Crippen molar-refractivity contribution in [2.45, 2.75) is 20.8 Å². The minimum Gasteiger partial charge on any atom is -0.303 e. The van der Waals surface area contributed by atoms with E-state index in [4.69, 9.17) is 19.2 Å². The zero-order valence-corrected chi connectivity index (χ0v) is 9.32. The fourth-order valence-electron chi connectivity index (χ4n) is 1.20. The van der Waals surface area contributed by atoms with E-state index in [1.54, 1.807) is 0 Å². The smallest absolute Gasteiger partial charge is 0.303 e. The molecule has 80 valence electrons. The summed E-state index contributed by atoms with van der Waals surface area (Å²) in [6.45, 7) is 6.38. The van der Waals surface area contributed by atoms with Crippen LogP contribution in [0.1, 0.15) is 16.7 Å². The summed E-state index contributed by atoms with van der Waals surface area (Å²) in [5.74, 6) is 0. The maximum atomic E-state index is 8.88. The number of hydrogen-bond acceptors (Lipinski definition) is 1. The molecule has 0 bridgehead atoms. The van der Waals surface area contributed by atoms with Gasteiger partial charge in [0.05, 0.1) is 0 Å². The van der Waals surface area contributed by atoms with Crippen LogP contribution in [-0.2, 0) is 4.57 Å². The Kier molecular flexibility index (Phi) is 5.02. The third kappa shape index (κ3) is 9.42. The SMILES string of the molecule is Cc1cc(C)cc(C)c1.O=P(O)(O)O. The molecule has 0 atom stereocenters. The second-order valence-corrected chi connectivity index (χ2v) is 4.20. The first-order valence-electron chi connectivity index (χ1n) is 4.01. The lowest BCUT2D eigenvalue weighted by Crippen LogP contribution is -1.78. The highest BCUT2D eigenvalue weighted by atomic mass is 31.2. The molecule has 0 aromatic heterocycles. The van der Waals surface area contributed by atoms with Gasteiger partial charge in [-0.05, 0) is 20.8 Å². The zero-order chi connectivity index (χ0) is 11.4. The van der Waals surface area contributed by atoms with E-state index < -0.39 is 7.82 Å². The van der Waals surface area contributed by atoms with Gasteiger partial charge in [-0.15, -0.1) is 0 Å². The van der Waals surface area contributed by atoms with Crippen molar-refractivity contribution in [1.29, 1.82) is 0 Å². The molecule has 0 spiro atoms. The van der Waals surface area contributed by atoms with Crippen LogP contribution >= 0.6 is 7.82 Å². The summed E-state index contributed by atoms with van der Waals surface area (Å²) in [4.78, 5) is 21.6. The second kappa shape index (κ2) is 5.27. The Morgan fingerprint density at radius 3 is 1.14 bits per heavy atom. The first kappa shape index (κ1) is 13.3. The van der Waals surface area contributed by atoms with Crippen LogP contribution in [0.5, 0.6) is 0 Å². The quantitative estimate of drug-likeness (QED) is 0.579. The molecule has 4 nitrogen and oxygen atoms in total. The van der Waals surface area contributed by atoms with Crippen LogP contribution in [0.2, 0.25) is 0 Å². The first-order chi connectivity index (χ1) is 6.18. The Labute approximate surface area is 83.5 Å². The van der Waals surface area contributed by atoms with E-state index in [0.717, 1.165) is 0 Å². The number of rotatable bonds is 0. The van der Waals surface area contributed by atoms with E-state index >= 15 is 0 Å². The summed E-state index contributed by atoms with van der Waals surface area (Å²) in [7, 11) is -4.64. The summed E-state index contributed by atoms with van der Waals surface area (Å²) in [5, 5.41) is 0. The van der Waals surface area contributed by atoms with Gasteiger partial charge in [-0.25, -0.2) is 4.57 Å². The van der Waals surface area contributed by atoms with E-state index in [0.29, 0.717) is 0 Å². The van der Waals surface area contributed by atoms with Crippen molar-refractivity contribution < 1.29 is 19.2 Å². The number of benzene rings is 1. The highest BCUT2D eigenvalue weighted by Gasteiger charge is 2.00. The standard InChI is InChI=1S/C9H12.H3O4P/c1-7-4-8(2)6-9(3)5-7;1-5(2,3)4/h4-6H,1-3H3;(H3,1,2,3,4). The second-order valence-electron chi connectivity index (χ2n) is 3.18. The highest BCUT2D eigenvalue weighted by Crippen LogP contribution is 2.25. The first-order valence-corrected chi connectivity index (χ1v) is 5.58. The average Bonchev–Trinajstić information content (AvgIpc) is 1.77. The van der Waals surface area contributed by atoms with Gasteiger partial charge in [0.25, 0.3) is 0 Å². The lowest BCUT2D eigenvalue weighted by Gasteiger charge is -1.96. The molecule has 1 rings (SSSR count). The van der Waals surface area contributed by atoms with Gasteiger partial charge >= 0.3 is 7.82 Å². The Hall–Kier alpha value is -0.670. The molecule has 0 aliphatic heterocycles. The van der Waals surface area contributed by atoms with Crippen molar-refractivity contribution >= 4 is 7.82 Å². The Morgan fingerprint density at radius 2 is 1.00 bits per heavy atom. The molecule has 0 saturated heterocycles. The van der Waals surface area contributed by atoms with Gasteiger partial charge in [0.15, 0.2) is 0 Å². The van der Waals surface area contributed by atoms with Crippen molar-refractivity contribution in [3.8, 4) is 0 Å². The molecule has 0 saturated carbocycles. The third-order valence-electron chi connectivity index (χ3n) is 1.37. The van der Waals surface area contributed by atoms with Crippen LogP contribution in [0, 0.1) is 20.8 Å². The van der Waals surface area contributed by atoms with Gasteiger partial charge in [-0.2, -0.15) is 0 Å². The lowest BCUT2D eigenvalue weighted by molar-refractivity contribution is 0.275. The number of hydrogen-bond donors (Lipinski definition) is 3. The predicted octanol–water partition coefficient (Wildman–Crippen LogP) is 1.68. The van der Waals surface area contributed by atoms with Gasteiger partial charge in [-0.1, -0.05) is 34.9 Å². The molecule has 0 heterocycles. The zero-order valence-electron chi connectivity index (χ0n) is 8.43. The summed E-state index contributed by atoms with van der Waals surface area (Å²) in [5.41, 5.74) is 4.06. The van der Waals surface area contributed by atoms with E-state index in [9.17, 15) is 0 Å². The minimum absolute atomic E-state index is 1.35. The number of aryl methyl sites for hydroxylation is 3. The molecule has 1 aromatic rings. The molecule has 0 unspecified atom stereocenters. The molecule has 1 aromatic carbocycles. The summed E-state index contributed by atoms with van der Waals surface area (Å²) in [6, 6.07) is 6.56. The van der Waals surface area contributed by atoms with E-state index in [1.807, 2.05) is 0 Å². The highest BCUT2D eigenvalue weighted by molar-refractivity contribution is 7.45. The minimum atomic E-state index is -4.64. The molecule has 0 radical (unpaired) electrons. The molecule has 0 aliphatic carbocycles. The predicted molar refractivity (Wildman–Crippen MR) is 54.9 cm³/mol. The largest absolute Gasteiger partial charge is 0.466 e. The Bertz CT molecular complexity index is 284. The summed E-state index contributed by atoms with van der Waals surface area (Å²) < 4.78 is 8.88. The Balaban J connectivity index is 0.000000292. The van der Waals surface area contributed by atoms with E-state index in [-0.39, 0.29) is 0 Å². The van der Waals surface area contributed by atoms with Crippen LogP contribution in [0.3, 0.4) is 0 Å². The van der Waals surface area contributed by atoms with Gasteiger partial charge in [-0.3, -0.25) is 0 Å². The fraction of sp³-hybridized carbons (Fsp3) is 0.333. The monoisotopic (exact) mass is 218 g/mol. The normalized spacial score (nSPS) is 10.4. The molecule has 5 heteroatoms. The van der Waals surface area contributed by atoms with Gasteiger partial charge < -0.3 is 14.7 Å². The molecular weight excluding hydrogens is 203 g/mol. The molecule has 0 fully saturated rings.